The molecule has 3 nitrogen and oxygen atoms in total. The third-order valence-corrected chi connectivity index (χ3v) is 7.10. The van der Waals surface area contributed by atoms with Crippen LogP contribution in [0.5, 0.6) is 0 Å². The summed E-state index contributed by atoms with van der Waals surface area (Å²) in [6.45, 7) is 13.5. The normalized spacial score (nSPS) is 12.6. The van der Waals surface area contributed by atoms with Crippen LogP contribution in [0.3, 0.4) is 0 Å². The molecular formula is C33H39N3S. The Labute approximate surface area is 227 Å². The number of hydrogen-bond acceptors (Lipinski definition) is 4. The van der Waals surface area contributed by atoms with Crippen LogP contribution in [-0.2, 0) is 6.54 Å². The lowest BCUT2D eigenvalue weighted by molar-refractivity contribution is 1.06. The zero-order valence-corrected chi connectivity index (χ0v) is 23.8. The molecule has 0 aliphatic rings. The Morgan fingerprint density at radius 2 is 1.78 bits per heavy atom. The Hall–Kier alpha value is -3.37. The van der Waals surface area contributed by atoms with Crippen LogP contribution in [0.1, 0.15) is 62.8 Å². The van der Waals surface area contributed by atoms with Gasteiger partial charge in [0.1, 0.15) is 12.1 Å². The lowest BCUT2D eigenvalue weighted by Gasteiger charge is -2.13. The fourth-order valence-corrected chi connectivity index (χ4v) is 4.93. The average Bonchev–Trinajstić information content (AvgIpc) is 2.90. The zero-order chi connectivity index (χ0) is 26.6. The number of thioether (sulfide) groups is 1. The largest absolute Gasteiger partial charge is 0.366 e. The van der Waals surface area contributed by atoms with Gasteiger partial charge in [-0.3, -0.25) is 0 Å². The van der Waals surface area contributed by atoms with Gasteiger partial charge in [-0.2, -0.15) is 0 Å². The number of anilines is 1. The molecule has 192 valence electrons. The van der Waals surface area contributed by atoms with Gasteiger partial charge >= 0.3 is 0 Å². The molecule has 1 N–H and O–H groups in total. The zero-order valence-electron chi connectivity index (χ0n) is 23.0. The second-order valence-corrected chi connectivity index (χ2v) is 10.0. The van der Waals surface area contributed by atoms with Gasteiger partial charge in [0.25, 0.3) is 0 Å². The second-order valence-electron chi connectivity index (χ2n) is 9.08. The first-order chi connectivity index (χ1) is 18.0. The number of hydrogen-bond donors (Lipinski definition) is 1. The predicted octanol–water partition coefficient (Wildman–Crippen LogP) is 9.70. The number of benzene rings is 2. The fraction of sp³-hybridized carbons (Fsp3) is 0.273. The molecule has 0 saturated heterocycles. The maximum Gasteiger partial charge on any atom is 0.133 e. The molecule has 0 spiro atoms. The van der Waals surface area contributed by atoms with Crippen LogP contribution in [0.2, 0.25) is 0 Å². The highest BCUT2D eigenvalue weighted by Gasteiger charge is 2.11. The molecule has 3 aromatic rings. The lowest BCUT2D eigenvalue weighted by atomic mass is 10.0. The second kappa shape index (κ2) is 14.4. The first kappa shape index (κ1) is 28.2. The van der Waals surface area contributed by atoms with Crippen molar-refractivity contribution in [2.75, 3.05) is 5.32 Å². The van der Waals surface area contributed by atoms with Crippen LogP contribution < -0.4 is 5.32 Å². The number of rotatable bonds is 11. The van der Waals surface area contributed by atoms with Crippen molar-refractivity contribution in [3.63, 3.8) is 0 Å². The van der Waals surface area contributed by atoms with Crippen molar-refractivity contribution in [3.8, 4) is 11.3 Å². The Bertz CT molecular complexity index is 1300. The number of aryl methyl sites for hydroxylation is 1. The number of nitrogens with one attached hydrogen (secondary N) is 1. The summed E-state index contributed by atoms with van der Waals surface area (Å²) in [5.41, 5.74) is 9.33. The van der Waals surface area contributed by atoms with Gasteiger partial charge < -0.3 is 5.32 Å². The summed E-state index contributed by atoms with van der Waals surface area (Å²) in [6, 6.07) is 15.3. The quantitative estimate of drug-likeness (QED) is 0.206. The topological polar surface area (TPSA) is 37.8 Å². The monoisotopic (exact) mass is 509 g/mol. The van der Waals surface area contributed by atoms with Crippen molar-refractivity contribution in [1.29, 1.82) is 0 Å². The summed E-state index contributed by atoms with van der Waals surface area (Å²) in [6.07, 6.45) is 14.7. The van der Waals surface area contributed by atoms with E-state index in [9.17, 15) is 0 Å². The van der Waals surface area contributed by atoms with Gasteiger partial charge in [0.15, 0.2) is 0 Å². The molecule has 4 heteroatoms. The molecule has 37 heavy (non-hydrogen) atoms. The van der Waals surface area contributed by atoms with Gasteiger partial charge in [-0.15, -0.1) is 0 Å². The van der Waals surface area contributed by atoms with Crippen LogP contribution in [0.15, 0.2) is 95.0 Å². The molecule has 0 atom stereocenters. The molecule has 0 aliphatic heterocycles. The molecule has 1 heterocycles. The van der Waals surface area contributed by atoms with Gasteiger partial charge in [0.2, 0.25) is 0 Å². The van der Waals surface area contributed by atoms with Crippen LogP contribution in [0, 0.1) is 13.8 Å². The molecule has 0 unspecified atom stereocenters. The fourth-order valence-electron chi connectivity index (χ4n) is 4.05. The van der Waals surface area contributed by atoms with Crippen molar-refractivity contribution in [3.05, 3.63) is 112 Å². The van der Waals surface area contributed by atoms with Crippen molar-refractivity contribution in [2.24, 2.45) is 0 Å². The van der Waals surface area contributed by atoms with Gasteiger partial charge in [0, 0.05) is 22.6 Å². The Kier molecular flexibility index (Phi) is 11.0. The summed E-state index contributed by atoms with van der Waals surface area (Å²) in [5, 5.41) is 5.69. The molecule has 0 saturated carbocycles. The first-order valence-corrected chi connectivity index (χ1v) is 13.9. The maximum absolute atomic E-state index is 4.62. The van der Waals surface area contributed by atoms with Gasteiger partial charge in [-0.1, -0.05) is 98.0 Å². The van der Waals surface area contributed by atoms with Crippen molar-refractivity contribution >= 4 is 23.2 Å². The Balaban J connectivity index is 1.77. The standard InChI is InChI=1S/C33H39N3S/c1-7-10-19-37-31-21-30(16-13-25(31)5)32-26(6)33(36-23-35-32)34-22-27-14-17-28(18-15-27)29(12-9-3)20-24(4)11-8-2/h9-21,23H,7-8,22H2,1-6H3,(H,34,35,36)/b12-9-,19-10-,24-11+,29-20+. The minimum Gasteiger partial charge on any atom is -0.366 e. The van der Waals surface area contributed by atoms with E-state index in [0.29, 0.717) is 6.54 Å². The van der Waals surface area contributed by atoms with Gasteiger partial charge in [-0.05, 0) is 74.3 Å². The highest BCUT2D eigenvalue weighted by molar-refractivity contribution is 8.02. The molecule has 0 bridgehead atoms. The number of nitrogens with zero attached hydrogens (tertiary/aromatic N) is 2. The summed E-state index contributed by atoms with van der Waals surface area (Å²) < 4.78 is 0. The number of aromatic nitrogens is 2. The van der Waals surface area contributed by atoms with E-state index in [2.05, 4.69) is 135 Å². The first-order valence-electron chi connectivity index (χ1n) is 13.0. The van der Waals surface area contributed by atoms with Crippen molar-refractivity contribution in [1.82, 2.24) is 9.97 Å². The molecule has 0 amide bonds. The summed E-state index contributed by atoms with van der Waals surface area (Å²) in [5.74, 6) is 0.865. The molecule has 0 aliphatic carbocycles. The SMILES string of the molecule is C\C=C/C(=C\C(C)=C\CC)c1ccc(CNc2ncnc(-c3ccc(C)c(S/C=C\CC)c3)c2C)cc1. The van der Waals surface area contributed by atoms with Gasteiger partial charge in [-0.25, -0.2) is 9.97 Å². The smallest absolute Gasteiger partial charge is 0.133 e. The van der Waals surface area contributed by atoms with E-state index >= 15 is 0 Å². The molecule has 0 radical (unpaired) electrons. The lowest BCUT2D eigenvalue weighted by Crippen LogP contribution is -2.05. The minimum absolute atomic E-state index is 0.700. The third-order valence-electron chi connectivity index (χ3n) is 6.08. The van der Waals surface area contributed by atoms with E-state index in [1.165, 1.54) is 32.7 Å². The number of allylic oxidation sites excluding steroid dienone is 7. The van der Waals surface area contributed by atoms with Crippen LogP contribution in [0.25, 0.3) is 16.8 Å². The van der Waals surface area contributed by atoms with Crippen LogP contribution >= 0.6 is 11.8 Å². The molecule has 0 fully saturated rings. The predicted molar refractivity (Wildman–Crippen MR) is 163 cm³/mol. The molecule has 2 aromatic carbocycles. The van der Waals surface area contributed by atoms with Crippen LogP contribution in [0.4, 0.5) is 5.82 Å². The van der Waals surface area contributed by atoms with E-state index in [4.69, 9.17) is 0 Å². The molecule has 1 aromatic heterocycles. The van der Waals surface area contributed by atoms with E-state index in [-0.39, 0.29) is 0 Å². The summed E-state index contributed by atoms with van der Waals surface area (Å²) >= 11 is 1.76. The van der Waals surface area contributed by atoms with E-state index in [0.717, 1.165) is 35.5 Å². The average molecular weight is 510 g/mol. The minimum atomic E-state index is 0.700. The van der Waals surface area contributed by atoms with E-state index in [1.807, 2.05) is 0 Å². The highest BCUT2D eigenvalue weighted by atomic mass is 32.2. The highest BCUT2D eigenvalue weighted by Crippen LogP contribution is 2.31. The summed E-state index contributed by atoms with van der Waals surface area (Å²) in [7, 11) is 0. The Morgan fingerprint density at radius 3 is 2.49 bits per heavy atom. The van der Waals surface area contributed by atoms with Crippen LogP contribution in [-0.4, -0.2) is 9.97 Å². The maximum atomic E-state index is 4.62. The Morgan fingerprint density at radius 1 is 1.00 bits per heavy atom. The van der Waals surface area contributed by atoms with Crippen molar-refractivity contribution in [2.45, 2.75) is 65.8 Å². The van der Waals surface area contributed by atoms with E-state index < -0.39 is 0 Å². The molecular weight excluding hydrogens is 470 g/mol. The third kappa shape index (κ3) is 8.06. The van der Waals surface area contributed by atoms with Gasteiger partial charge in [0.05, 0.1) is 5.69 Å². The summed E-state index contributed by atoms with van der Waals surface area (Å²) in [4.78, 5) is 10.4. The van der Waals surface area contributed by atoms with E-state index in [1.54, 1.807) is 18.1 Å². The van der Waals surface area contributed by atoms with Crippen molar-refractivity contribution < 1.29 is 0 Å². The molecule has 3 rings (SSSR count).